The predicted octanol–water partition coefficient (Wildman–Crippen LogP) is 1.86. The van der Waals surface area contributed by atoms with Gasteiger partial charge in [0, 0.05) is 17.8 Å². The first kappa shape index (κ1) is 6.46. The summed E-state index contributed by atoms with van der Waals surface area (Å²) in [5, 5.41) is 7.96. The van der Waals surface area contributed by atoms with E-state index < -0.39 is 0 Å². The van der Waals surface area contributed by atoms with Crippen LogP contribution in [0.4, 0.5) is 0 Å². The minimum atomic E-state index is 0.561. The Kier molecular flexibility index (Phi) is 1.65. The Morgan fingerprint density at radius 1 is 1.33 bits per heavy atom. The van der Waals surface area contributed by atoms with Crippen molar-refractivity contribution in [2.75, 3.05) is 0 Å². The van der Waals surface area contributed by atoms with Crippen molar-refractivity contribution in [3.8, 4) is 0 Å². The lowest BCUT2D eigenvalue weighted by Crippen LogP contribution is -2.06. The fraction of sp³-hybridized carbons (Fsp3) is 0.714. The molecule has 1 rings (SSSR count). The normalized spacial score (nSPS) is 18.2. The smallest absolute Gasteiger partial charge is 0.0487 e. The summed E-state index contributed by atoms with van der Waals surface area (Å²) in [6.07, 6.45) is 0.984. The van der Waals surface area contributed by atoms with Gasteiger partial charge in [-0.2, -0.15) is 10.2 Å². The molecule has 0 bridgehead atoms. The lowest BCUT2D eigenvalue weighted by atomic mass is 10.0. The van der Waals surface area contributed by atoms with Crippen molar-refractivity contribution >= 4 is 11.4 Å². The number of rotatable bonds is 1. The molecule has 1 heterocycles. The van der Waals surface area contributed by atoms with Gasteiger partial charge in [-0.3, -0.25) is 0 Å². The molecule has 0 atom stereocenters. The third-order valence-corrected chi connectivity index (χ3v) is 1.45. The van der Waals surface area contributed by atoms with Gasteiger partial charge in [-0.1, -0.05) is 13.8 Å². The van der Waals surface area contributed by atoms with Crippen LogP contribution >= 0.6 is 0 Å². The van der Waals surface area contributed by atoms with Gasteiger partial charge in [0.2, 0.25) is 0 Å². The highest BCUT2D eigenvalue weighted by Gasteiger charge is 2.10. The molecule has 9 heavy (non-hydrogen) atoms. The monoisotopic (exact) mass is 124 g/mol. The van der Waals surface area contributed by atoms with Crippen LogP contribution < -0.4 is 0 Å². The Labute approximate surface area is 55.7 Å². The van der Waals surface area contributed by atoms with Crippen LogP contribution in [0.1, 0.15) is 27.2 Å². The van der Waals surface area contributed by atoms with Crippen molar-refractivity contribution in [3.05, 3.63) is 0 Å². The number of nitrogens with zero attached hydrogens (tertiary/aromatic N) is 2. The van der Waals surface area contributed by atoms with Crippen molar-refractivity contribution in [1.82, 2.24) is 0 Å². The standard InChI is InChI=1S/C7H12N2/c1-5(2)7-4-6(3)8-9-7/h5H,4H2,1-3H3. The first-order valence-electron chi connectivity index (χ1n) is 3.30. The van der Waals surface area contributed by atoms with Gasteiger partial charge in [-0.15, -0.1) is 0 Å². The molecule has 0 amide bonds. The average Bonchev–Trinajstić information content (AvgIpc) is 2.14. The van der Waals surface area contributed by atoms with Crippen LogP contribution in [0.5, 0.6) is 0 Å². The molecule has 0 aromatic carbocycles. The van der Waals surface area contributed by atoms with Crippen LogP contribution in [0, 0.1) is 5.92 Å². The summed E-state index contributed by atoms with van der Waals surface area (Å²) in [6.45, 7) is 6.30. The zero-order chi connectivity index (χ0) is 6.85. The van der Waals surface area contributed by atoms with Crippen LogP contribution in [-0.2, 0) is 0 Å². The predicted molar refractivity (Wildman–Crippen MR) is 40.0 cm³/mol. The fourth-order valence-corrected chi connectivity index (χ4v) is 0.802. The van der Waals surface area contributed by atoms with Crippen molar-refractivity contribution in [3.63, 3.8) is 0 Å². The van der Waals surface area contributed by atoms with E-state index in [2.05, 4.69) is 24.1 Å². The zero-order valence-electron chi connectivity index (χ0n) is 6.18. The van der Waals surface area contributed by atoms with E-state index >= 15 is 0 Å². The highest BCUT2D eigenvalue weighted by molar-refractivity contribution is 6.07. The maximum atomic E-state index is 4.02. The maximum Gasteiger partial charge on any atom is 0.0487 e. The molecular weight excluding hydrogens is 112 g/mol. The van der Waals surface area contributed by atoms with Crippen LogP contribution in [0.2, 0.25) is 0 Å². The third-order valence-electron chi connectivity index (χ3n) is 1.45. The Bertz CT molecular complexity index is 166. The molecule has 0 aromatic rings. The summed E-state index contributed by atoms with van der Waals surface area (Å²) >= 11 is 0. The Hall–Kier alpha value is -0.660. The summed E-state index contributed by atoms with van der Waals surface area (Å²) in [5.41, 5.74) is 2.35. The van der Waals surface area contributed by atoms with Gasteiger partial charge in [0.25, 0.3) is 0 Å². The molecule has 1 aliphatic heterocycles. The van der Waals surface area contributed by atoms with E-state index in [4.69, 9.17) is 0 Å². The second kappa shape index (κ2) is 2.29. The number of hydrogen-bond donors (Lipinski definition) is 0. The van der Waals surface area contributed by atoms with Crippen molar-refractivity contribution in [1.29, 1.82) is 0 Å². The number of hydrogen-bond acceptors (Lipinski definition) is 2. The lowest BCUT2D eigenvalue weighted by molar-refractivity contribution is 0.870. The molecule has 0 radical (unpaired) electrons. The second-order valence-electron chi connectivity index (χ2n) is 2.76. The summed E-state index contributed by atoms with van der Waals surface area (Å²) < 4.78 is 0. The SMILES string of the molecule is CC1=NN=C(C(C)C)C1. The van der Waals surface area contributed by atoms with Crippen molar-refractivity contribution in [2.45, 2.75) is 27.2 Å². The zero-order valence-corrected chi connectivity index (χ0v) is 6.18. The molecule has 0 unspecified atom stereocenters. The van der Waals surface area contributed by atoms with Crippen LogP contribution in [0.25, 0.3) is 0 Å². The molecule has 0 N–H and O–H groups in total. The minimum Gasteiger partial charge on any atom is -0.160 e. The molecule has 2 heteroatoms. The van der Waals surface area contributed by atoms with E-state index in [1.54, 1.807) is 0 Å². The summed E-state index contributed by atoms with van der Waals surface area (Å²) in [4.78, 5) is 0. The molecule has 1 aliphatic rings. The van der Waals surface area contributed by atoms with Crippen molar-refractivity contribution in [2.24, 2.45) is 16.1 Å². The Morgan fingerprint density at radius 2 is 2.00 bits per heavy atom. The molecule has 0 saturated heterocycles. The highest BCUT2D eigenvalue weighted by atomic mass is 15.2. The topological polar surface area (TPSA) is 24.7 Å². The molecule has 0 spiro atoms. The van der Waals surface area contributed by atoms with Gasteiger partial charge >= 0.3 is 0 Å². The van der Waals surface area contributed by atoms with Crippen LogP contribution in [0.15, 0.2) is 10.2 Å². The Balaban J connectivity index is 2.54. The van der Waals surface area contributed by atoms with Gasteiger partial charge in [0.1, 0.15) is 0 Å². The van der Waals surface area contributed by atoms with Crippen LogP contribution in [0.3, 0.4) is 0 Å². The van der Waals surface area contributed by atoms with Crippen molar-refractivity contribution < 1.29 is 0 Å². The second-order valence-corrected chi connectivity index (χ2v) is 2.76. The van der Waals surface area contributed by atoms with E-state index in [1.807, 2.05) is 6.92 Å². The largest absolute Gasteiger partial charge is 0.160 e. The summed E-state index contributed by atoms with van der Waals surface area (Å²) in [6, 6.07) is 0. The minimum absolute atomic E-state index is 0.561. The quantitative estimate of drug-likeness (QED) is 0.509. The van der Waals surface area contributed by atoms with E-state index in [9.17, 15) is 0 Å². The van der Waals surface area contributed by atoms with Gasteiger partial charge in [-0.25, -0.2) is 0 Å². The summed E-state index contributed by atoms with van der Waals surface area (Å²) in [7, 11) is 0. The molecule has 0 aromatic heterocycles. The van der Waals surface area contributed by atoms with Gasteiger partial charge in [0.05, 0.1) is 0 Å². The summed E-state index contributed by atoms with van der Waals surface area (Å²) in [5.74, 6) is 0.561. The third kappa shape index (κ3) is 1.37. The molecule has 0 fully saturated rings. The maximum absolute atomic E-state index is 4.02. The van der Waals surface area contributed by atoms with Gasteiger partial charge in [-0.05, 0) is 12.8 Å². The molecule has 0 aliphatic carbocycles. The first-order chi connectivity index (χ1) is 4.20. The van der Waals surface area contributed by atoms with Crippen LogP contribution in [-0.4, -0.2) is 11.4 Å². The van der Waals surface area contributed by atoms with E-state index in [0.717, 1.165) is 12.1 Å². The van der Waals surface area contributed by atoms with Gasteiger partial charge in [0.15, 0.2) is 0 Å². The van der Waals surface area contributed by atoms with E-state index in [1.165, 1.54) is 5.71 Å². The average molecular weight is 124 g/mol. The Morgan fingerprint density at radius 3 is 2.22 bits per heavy atom. The van der Waals surface area contributed by atoms with Gasteiger partial charge < -0.3 is 0 Å². The first-order valence-corrected chi connectivity index (χ1v) is 3.30. The molecule has 0 saturated carbocycles. The lowest BCUT2D eigenvalue weighted by Gasteiger charge is -2.00. The molecule has 2 nitrogen and oxygen atoms in total. The highest BCUT2D eigenvalue weighted by Crippen LogP contribution is 2.09. The van der Waals surface area contributed by atoms with E-state index in [-0.39, 0.29) is 0 Å². The molecular formula is C7H12N2. The fourth-order valence-electron chi connectivity index (χ4n) is 0.802. The molecule has 50 valence electrons. The van der Waals surface area contributed by atoms with E-state index in [0.29, 0.717) is 5.92 Å².